The van der Waals surface area contributed by atoms with E-state index in [1.165, 1.54) is 5.56 Å². The zero-order chi connectivity index (χ0) is 23.2. The average molecular weight is 453 g/mol. The van der Waals surface area contributed by atoms with Gasteiger partial charge in [-0.3, -0.25) is 19.4 Å². The van der Waals surface area contributed by atoms with Gasteiger partial charge in [-0.15, -0.1) is 0 Å². The maximum atomic E-state index is 12.6. The number of piperazine rings is 1. The first kappa shape index (κ1) is 23.1. The van der Waals surface area contributed by atoms with Crippen molar-refractivity contribution in [3.63, 3.8) is 0 Å². The van der Waals surface area contributed by atoms with Crippen LogP contribution in [-0.4, -0.2) is 79.1 Å². The Balaban J connectivity index is 1.24. The number of nitrogens with zero attached hydrogens (tertiary/aromatic N) is 3. The van der Waals surface area contributed by atoms with Crippen LogP contribution >= 0.6 is 0 Å². The van der Waals surface area contributed by atoms with Crippen LogP contribution in [0.15, 0.2) is 42.5 Å². The molecule has 1 fully saturated rings. The van der Waals surface area contributed by atoms with Gasteiger partial charge in [0.15, 0.2) is 11.5 Å². The van der Waals surface area contributed by atoms with E-state index in [0.717, 1.165) is 44.2 Å². The van der Waals surface area contributed by atoms with Gasteiger partial charge in [0.25, 0.3) is 5.91 Å². The molecule has 2 aromatic carbocycles. The Kier molecular flexibility index (Phi) is 7.47. The van der Waals surface area contributed by atoms with E-state index in [1.54, 1.807) is 23.1 Å². The van der Waals surface area contributed by atoms with E-state index < -0.39 is 0 Å². The van der Waals surface area contributed by atoms with Gasteiger partial charge >= 0.3 is 0 Å². The molecular formula is C25H32N4O4. The SMILES string of the molecule is CCN(CC)C(=O)c1cccc(NC(=O)CN2CCN(Cc3ccc4c(c3)OCO4)CC2)c1. The summed E-state index contributed by atoms with van der Waals surface area (Å²) in [4.78, 5) is 31.5. The molecule has 0 radical (unpaired) electrons. The molecule has 0 bridgehead atoms. The Labute approximate surface area is 195 Å². The molecule has 0 aromatic heterocycles. The van der Waals surface area contributed by atoms with Gasteiger partial charge in [0.1, 0.15) is 0 Å². The van der Waals surface area contributed by atoms with Crippen LogP contribution in [0.4, 0.5) is 5.69 Å². The molecule has 8 heteroatoms. The fourth-order valence-electron chi connectivity index (χ4n) is 4.23. The lowest BCUT2D eigenvalue weighted by molar-refractivity contribution is -0.117. The van der Waals surface area contributed by atoms with Crippen LogP contribution < -0.4 is 14.8 Å². The molecule has 0 saturated carbocycles. The third-order valence-electron chi connectivity index (χ3n) is 6.12. The summed E-state index contributed by atoms with van der Waals surface area (Å²) in [6, 6.07) is 13.2. The number of hydrogen-bond donors (Lipinski definition) is 1. The highest BCUT2D eigenvalue weighted by Gasteiger charge is 2.21. The van der Waals surface area contributed by atoms with Crippen LogP contribution in [0.3, 0.4) is 0 Å². The Hall–Kier alpha value is -3.10. The quantitative estimate of drug-likeness (QED) is 0.664. The summed E-state index contributed by atoms with van der Waals surface area (Å²) in [5.41, 5.74) is 2.44. The van der Waals surface area contributed by atoms with Crippen molar-refractivity contribution in [1.82, 2.24) is 14.7 Å². The van der Waals surface area contributed by atoms with Crippen molar-refractivity contribution >= 4 is 17.5 Å². The third kappa shape index (κ3) is 5.83. The molecule has 2 aromatic rings. The average Bonchev–Trinajstić information content (AvgIpc) is 3.29. The lowest BCUT2D eigenvalue weighted by Gasteiger charge is -2.34. The number of carbonyl (C=O) groups is 2. The van der Waals surface area contributed by atoms with Gasteiger partial charge in [-0.05, 0) is 49.7 Å². The molecule has 2 aliphatic heterocycles. The minimum Gasteiger partial charge on any atom is -0.454 e. The highest BCUT2D eigenvalue weighted by atomic mass is 16.7. The van der Waals surface area contributed by atoms with E-state index in [0.29, 0.717) is 30.9 Å². The van der Waals surface area contributed by atoms with Crippen molar-refractivity contribution in [2.24, 2.45) is 0 Å². The van der Waals surface area contributed by atoms with E-state index in [1.807, 2.05) is 32.0 Å². The van der Waals surface area contributed by atoms with Gasteiger partial charge in [0.2, 0.25) is 12.7 Å². The van der Waals surface area contributed by atoms with Crippen LogP contribution in [-0.2, 0) is 11.3 Å². The summed E-state index contributed by atoms with van der Waals surface area (Å²) in [6.07, 6.45) is 0. The van der Waals surface area contributed by atoms with Gasteiger partial charge < -0.3 is 19.7 Å². The standard InChI is InChI=1S/C25H32N4O4/c1-3-29(4-2)25(31)20-6-5-7-21(15-20)26-24(30)17-28-12-10-27(11-13-28)16-19-8-9-22-23(14-19)33-18-32-22/h5-9,14-15H,3-4,10-13,16-18H2,1-2H3,(H,26,30). The Morgan fingerprint density at radius 1 is 0.939 bits per heavy atom. The molecule has 8 nitrogen and oxygen atoms in total. The van der Waals surface area contributed by atoms with E-state index in [-0.39, 0.29) is 18.6 Å². The van der Waals surface area contributed by atoms with Gasteiger partial charge in [-0.1, -0.05) is 12.1 Å². The van der Waals surface area contributed by atoms with Crippen molar-refractivity contribution in [3.05, 3.63) is 53.6 Å². The summed E-state index contributed by atoms with van der Waals surface area (Å²) in [5, 5.41) is 2.94. The van der Waals surface area contributed by atoms with E-state index >= 15 is 0 Å². The summed E-state index contributed by atoms with van der Waals surface area (Å²) >= 11 is 0. The number of carbonyl (C=O) groups excluding carboxylic acids is 2. The first-order valence-electron chi connectivity index (χ1n) is 11.6. The number of anilines is 1. The highest BCUT2D eigenvalue weighted by molar-refractivity contribution is 5.97. The maximum Gasteiger partial charge on any atom is 0.253 e. The van der Waals surface area contributed by atoms with Crippen molar-refractivity contribution in [2.45, 2.75) is 20.4 Å². The molecule has 2 aliphatic rings. The second-order valence-corrected chi connectivity index (χ2v) is 8.35. The lowest BCUT2D eigenvalue weighted by atomic mass is 10.1. The Bertz CT molecular complexity index is 984. The van der Waals surface area contributed by atoms with Gasteiger partial charge in [-0.2, -0.15) is 0 Å². The molecule has 176 valence electrons. The van der Waals surface area contributed by atoms with Crippen LogP contribution in [0.1, 0.15) is 29.8 Å². The zero-order valence-corrected chi connectivity index (χ0v) is 19.4. The van der Waals surface area contributed by atoms with Crippen LogP contribution in [0.25, 0.3) is 0 Å². The zero-order valence-electron chi connectivity index (χ0n) is 19.4. The fourth-order valence-corrected chi connectivity index (χ4v) is 4.23. The predicted molar refractivity (Wildman–Crippen MR) is 127 cm³/mol. The fraction of sp³-hybridized carbons (Fsp3) is 0.440. The second kappa shape index (κ2) is 10.7. The summed E-state index contributed by atoms with van der Waals surface area (Å²) in [6.45, 7) is 10.2. The lowest BCUT2D eigenvalue weighted by Crippen LogP contribution is -2.48. The van der Waals surface area contributed by atoms with Crippen molar-refractivity contribution in [2.75, 3.05) is 57.9 Å². The number of fused-ring (bicyclic) bond motifs is 1. The monoisotopic (exact) mass is 452 g/mol. The molecule has 2 amide bonds. The number of benzene rings is 2. The second-order valence-electron chi connectivity index (χ2n) is 8.35. The maximum absolute atomic E-state index is 12.6. The van der Waals surface area contributed by atoms with E-state index in [2.05, 4.69) is 21.2 Å². The van der Waals surface area contributed by atoms with Gasteiger partial charge in [0, 0.05) is 57.1 Å². The van der Waals surface area contributed by atoms with Crippen molar-refractivity contribution in [3.8, 4) is 11.5 Å². The predicted octanol–water partition coefficient (Wildman–Crippen LogP) is 2.65. The molecule has 33 heavy (non-hydrogen) atoms. The van der Waals surface area contributed by atoms with Gasteiger partial charge in [-0.25, -0.2) is 0 Å². The number of hydrogen-bond acceptors (Lipinski definition) is 6. The van der Waals surface area contributed by atoms with Crippen molar-refractivity contribution in [1.29, 1.82) is 0 Å². The minimum atomic E-state index is -0.0633. The third-order valence-corrected chi connectivity index (χ3v) is 6.12. The van der Waals surface area contributed by atoms with Crippen LogP contribution in [0.5, 0.6) is 11.5 Å². The Morgan fingerprint density at radius 3 is 2.42 bits per heavy atom. The topological polar surface area (TPSA) is 74.4 Å². The van der Waals surface area contributed by atoms with E-state index in [9.17, 15) is 9.59 Å². The summed E-state index contributed by atoms with van der Waals surface area (Å²) in [5.74, 6) is 1.53. The highest BCUT2D eigenvalue weighted by Crippen LogP contribution is 2.32. The molecule has 0 aliphatic carbocycles. The van der Waals surface area contributed by atoms with Crippen molar-refractivity contribution < 1.29 is 19.1 Å². The molecule has 0 spiro atoms. The number of amides is 2. The molecule has 4 rings (SSSR count). The first-order chi connectivity index (χ1) is 16.1. The van der Waals surface area contributed by atoms with Crippen LogP contribution in [0, 0.1) is 0 Å². The molecule has 0 atom stereocenters. The normalized spacial score (nSPS) is 15.9. The van der Waals surface area contributed by atoms with E-state index in [4.69, 9.17) is 9.47 Å². The molecule has 0 unspecified atom stereocenters. The van der Waals surface area contributed by atoms with Crippen LogP contribution in [0.2, 0.25) is 0 Å². The summed E-state index contributed by atoms with van der Waals surface area (Å²) < 4.78 is 10.8. The molecule has 2 heterocycles. The Morgan fingerprint density at radius 2 is 1.67 bits per heavy atom. The molecule has 1 N–H and O–H groups in total. The first-order valence-corrected chi connectivity index (χ1v) is 11.6. The molecule has 1 saturated heterocycles. The number of ether oxygens (including phenoxy) is 2. The summed E-state index contributed by atoms with van der Waals surface area (Å²) in [7, 11) is 0. The van der Waals surface area contributed by atoms with Gasteiger partial charge in [0.05, 0.1) is 6.54 Å². The smallest absolute Gasteiger partial charge is 0.253 e. The number of nitrogens with one attached hydrogen (secondary N) is 1. The molecular weight excluding hydrogens is 420 g/mol. The number of rotatable bonds is 8. The largest absolute Gasteiger partial charge is 0.454 e. The minimum absolute atomic E-state index is 0.0188.